The molecule has 0 unspecified atom stereocenters. The van der Waals surface area contributed by atoms with Crippen LogP contribution < -0.4 is 0 Å². The van der Waals surface area contributed by atoms with Crippen molar-refractivity contribution in [3.05, 3.63) is 33.5 Å². The van der Waals surface area contributed by atoms with Gasteiger partial charge < -0.3 is 4.74 Å². The molecule has 0 N–H and O–H groups in total. The standard InChI is InChI=1S/C9H13N3O/c1-3-7-5-6-13-9(11-12-10)8(7)4-2/h5H,3-4,6H2,1-2H3. The van der Waals surface area contributed by atoms with E-state index in [1.165, 1.54) is 5.57 Å². The first-order valence-corrected chi connectivity index (χ1v) is 4.43. The Hall–Kier alpha value is -1.41. The maximum absolute atomic E-state index is 8.32. The van der Waals surface area contributed by atoms with Crippen LogP contribution in [0.15, 0.2) is 28.2 Å². The monoisotopic (exact) mass is 179 g/mol. The van der Waals surface area contributed by atoms with Crippen molar-refractivity contribution in [1.82, 2.24) is 0 Å². The number of ether oxygens (including phenoxy) is 1. The number of nitrogens with zero attached hydrogens (tertiary/aromatic N) is 3. The molecule has 0 aliphatic carbocycles. The first kappa shape index (κ1) is 9.68. The number of hydrogen-bond donors (Lipinski definition) is 0. The van der Waals surface area contributed by atoms with Gasteiger partial charge >= 0.3 is 0 Å². The summed E-state index contributed by atoms with van der Waals surface area (Å²) in [5, 5.41) is 3.53. The van der Waals surface area contributed by atoms with Crippen molar-refractivity contribution in [2.75, 3.05) is 6.61 Å². The van der Waals surface area contributed by atoms with E-state index in [-0.39, 0.29) is 0 Å². The molecule has 0 atom stereocenters. The van der Waals surface area contributed by atoms with Gasteiger partial charge in [0.1, 0.15) is 6.61 Å². The van der Waals surface area contributed by atoms with Gasteiger partial charge in [0.15, 0.2) is 5.88 Å². The van der Waals surface area contributed by atoms with Crippen molar-refractivity contribution >= 4 is 0 Å². The predicted octanol–water partition coefficient (Wildman–Crippen LogP) is 3.28. The van der Waals surface area contributed by atoms with Gasteiger partial charge in [-0.25, -0.2) is 0 Å². The zero-order valence-electron chi connectivity index (χ0n) is 7.95. The fraction of sp³-hybridized carbons (Fsp3) is 0.556. The molecule has 4 heteroatoms. The molecule has 70 valence electrons. The van der Waals surface area contributed by atoms with Crippen LogP contribution in [0.25, 0.3) is 10.4 Å². The summed E-state index contributed by atoms with van der Waals surface area (Å²) in [5.74, 6) is 0.448. The summed E-state index contributed by atoms with van der Waals surface area (Å²) < 4.78 is 5.24. The van der Waals surface area contributed by atoms with E-state index in [2.05, 4.69) is 16.9 Å². The highest BCUT2D eigenvalue weighted by atomic mass is 16.5. The van der Waals surface area contributed by atoms with E-state index in [1.54, 1.807) is 0 Å². The van der Waals surface area contributed by atoms with Gasteiger partial charge in [0.05, 0.1) is 0 Å². The van der Waals surface area contributed by atoms with Gasteiger partial charge in [0.2, 0.25) is 0 Å². The van der Waals surface area contributed by atoms with E-state index in [4.69, 9.17) is 10.3 Å². The Bertz CT molecular complexity index is 298. The SMILES string of the molecule is CCC1=CCOC(N=[N+]=[N-])=C1CC. The first-order chi connectivity index (χ1) is 6.33. The van der Waals surface area contributed by atoms with Crippen LogP contribution in [0.5, 0.6) is 0 Å². The quantitative estimate of drug-likeness (QED) is 0.372. The topological polar surface area (TPSA) is 58.0 Å². The van der Waals surface area contributed by atoms with Crippen molar-refractivity contribution in [2.24, 2.45) is 5.11 Å². The Morgan fingerprint density at radius 3 is 2.85 bits per heavy atom. The van der Waals surface area contributed by atoms with E-state index in [0.29, 0.717) is 12.5 Å². The van der Waals surface area contributed by atoms with Crippen LogP contribution in [-0.2, 0) is 4.74 Å². The van der Waals surface area contributed by atoms with Gasteiger partial charge in [-0.2, -0.15) is 0 Å². The molecular formula is C9H13N3O. The highest BCUT2D eigenvalue weighted by molar-refractivity contribution is 5.34. The van der Waals surface area contributed by atoms with Crippen LogP contribution in [0.2, 0.25) is 0 Å². The Morgan fingerprint density at radius 1 is 1.54 bits per heavy atom. The molecule has 0 aromatic carbocycles. The molecule has 0 fully saturated rings. The van der Waals surface area contributed by atoms with E-state index < -0.39 is 0 Å². The second kappa shape index (κ2) is 4.58. The lowest BCUT2D eigenvalue weighted by atomic mass is 10.0. The third-order valence-corrected chi connectivity index (χ3v) is 2.07. The third kappa shape index (κ3) is 2.04. The second-order valence-electron chi connectivity index (χ2n) is 2.72. The van der Waals surface area contributed by atoms with E-state index in [9.17, 15) is 0 Å². The van der Waals surface area contributed by atoms with Gasteiger partial charge in [0, 0.05) is 4.91 Å². The molecule has 0 aromatic heterocycles. The minimum absolute atomic E-state index is 0.448. The van der Waals surface area contributed by atoms with Gasteiger partial charge in [-0.3, -0.25) is 0 Å². The molecule has 0 saturated heterocycles. The average molecular weight is 179 g/mol. The molecule has 4 nitrogen and oxygen atoms in total. The predicted molar refractivity (Wildman–Crippen MR) is 50.8 cm³/mol. The van der Waals surface area contributed by atoms with Crippen LogP contribution in [0.4, 0.5) is 0 Å². The molecule has 0 spiro atoms. The van der Waals surface area contributed by atoms with E-state index >= 15 is 0 Å². The van der Waals surface area contributed by atoms with Crippen LogP contribution in [-0.4, -0.2) is 6.61 Å². The van der Waals surface area contributed by atoms with Crippen molar-refractivity contribution in [1.29, 1.82) is 0 Å². The Labute approximate surface area is 77.5 Å². The third-order valence-electron chi connectivity index (χ3n) is 2.07. The maximum Gasteiger partial charge on any atom is 0.186 e. The van der Waals surface area contributed by atoms with Gasteiger partial charge in [-0.05, 0) is 40.7 Å². The smallest absolute Gasteiger partial charge is 0.186 e. The molecule has 13 heavy (non-hydrogen) atoms. The normalized spacial score (nSPS) is 16.0. The van der Waals surface area contributed by atoms with Gasteiger partial charge in [0.25, 0.3) is 0 Å². The van der Waals surface area contributed by atoms with E-state index in [1.807, 2.05) is 13.0 Å². The summed E-state index contributed by atoms with van der Waals surface area (Å²) in [6.07, 6.45) is 3.83. The molecule has 0 radical (unpaired) electrons. The lowest BCUT2D eigenvalue weighted by Gasteiger charge is -2.17. The molecule has 1 rings (SSSR count). The Kier molecular flexibility index (Phi) is 3.41. The molecule has 0 bridgehead atoms. The van der Waals surface area contributed by atoms with Crippen molar-refractivity contribution in [3.8, 4) is 0 Å². The van der Waals surface area contributed by atoms with E-state index in [0.717, 1.165) is 18.4 Å². The number of azide groups is 1. The van der Waals surface area contributed by atoms with Crippen molar-refractivity contribution in [2.45, 2.75) is 26.7 Å². The zero-order chi connectivity index (χ0) is 9.68. The molecule has 0 aromatic rings. The lowest BCUT2D eigenvalue weighted by molar-refractivity contribution is 0.233. The van der Waals surface area contributed by atoms with Crippen LogP contribution >= 0.6 is 0 Å². The van der Waals surface area contributed by atoms with Crippen LogP contribution in [0.3, 0.4) is 0 Å². The molecule has 1 aliphatic rings. The molecule has 1 aliphatic heterocycles. The summed E-state index contributed by atoms with van der Waals surface area (Å²) in [6, 6.07) is 0. The zero-order valence-corrected chi connectivity index (χ0v) is 7.95. The molecule has 0 amide bonds. The van der Waals surface area contributed by atoms with Crippen molar-refractivity contribution in [3.63, 3.8) is 0 Å². The summed E-state index contributed by atoms with van der Waals surface area (Å²) >= 11 is 0. The van der Waals surface area contributed by atoms with Crippen LogP contribution in [0, 0.1) is 0 Å². The number of hydrogen-bond acceptors (Lipinski definition) is 2. The lowest BCUT2D eigenvalue weighted by Crippen LogP contribution is -2.04. The number of rotatable bonds is 3. The second-order valence-corrected chi connectivity index (χ2v) is 2.72. The minimum Gasteiger partial charge on any atom is -0.487 e. The minimum atomic E-state index is 0.448. The summed E-state index contributed by atoms with van der Waals surface area (Å²) in [4.78, 5) is 2.74. The fourth-order valence-electron chi connectivity index (χ4n) is 1.43. The number of allylic oxidation sites excluding steroid dienone is 2. The fourth-order valence-corrected chi connectivity index (χ4v) is 1.43. The summed E-state index contributed by atoms with van der Waals surface area (Å²) in [5.41, 5.74) is 10.6. The summed E-state index contributed by atoms with van der Waals surface area (Å²) in [6.45, 7) is 4.63. The Balaban J connectivity index is 3.04. The molecule has 0 saturated carbocycles. The molecule has 1 heterocycles. The Morgan fingerprint density at radius 2 is 2.31 bits per heavy atom. The highest BCUT2D eigenvalue weighted by Crippen LogP contribution is 2.26. The average Bonchev–Trinajstić information content (AvgIpc) is 2.18. The largest absolute Gasteiger partial charge is 0.487 e. The highest BCUT2D eigenvalue weighted by Gasteiger charge is 2.12. The van der Waals surface area contributed by atoms with Gasteiger partial charge in [-0.1, -0.05) is 13.8 Å². The summed E-state index contributed by atoms with van der Waals surface area (Å²) in [7, 11) is 0. The maximum atomic E-state index is 8.32. The van der Waals surface area contributed by atoms with Crippen LogP contribution in [0.1, 0.15) is 26.7 Å². The van der Waals surface area contributed by atoms with Crippen molar-refractivity contribution < 1.29 is 4.74 Å². The first-order valence-electron chi connectivity index (χ1n) is 4.43. The molecular weight excluding hydrogens is 166 g/mol. The van der Waals surface area contributed by atoms with Gasteiger partial charge in [-0.15, -0.1) is 0 Å².